The molecule has 0 spiro atoms. The van der Waals surface area contributed by atoms with Crippen LogP contribution < -0.4 is 10.5 Å². The molecule has 2 aromatic rings. The zero-order valence-electron chi connectivity index (χ0n) is 10.6. The number of methoxy groups -OCH3 is 1. The number of benzene rings is 1. The molecule has 1 heterocycles. The Morgan fingerprint density at radius 1 is 1.32 bits per heavy atom. The van der Waals surface area contributed by atoms with Crippen molar-refractivity contribution in [1.29, 1.82) is 0 Å². The number of halogens is 1. The number of hydrogen-bond donors (Lipinski definition) is 1. The smallest absolute Gasteiger partial charge is 0.165 e. The highest BCUT2D eigenvalue weighted by Gasteiger charge is 2.08. The summed E-state index contributed by atoms with van der Waals surface area (Å²) in [6.45, 7) is 0.763. The van der Waals surface area contributed by atoms with Gasteiger partial charge in [-0.05, 0) is 17.7 Å². The van der Waals surface area contributed by atoms with E-state index in [1.54, 1.807) is 25.3 Å². The van der Waals surface area contributed by atoms with Crippen molar-refractivity contribution in [2.24, 2.45) is 5.73 Å². The minimum absolute atomic E-state index is 0.131. The molecular formula is C13H15FN2O3. The highest BCUT2D eigenvalue weighted by Crippen LogP contribution is 2.19. The van der Waals surface area contributed by atoms with E-state index in [0.29, 0.717) is 30.2 Å². The van der Waals surface area contributed by atoms with E-state index in [4.69, 9.17) is 19.7 Å². The molecule has 0 aliphatic heterocycles. The Bertz CT molecular complexity index is 542. The molecule has 0 amide bonds. The maximum absolute atomic E-state index is 13.6. The molecule has 0 saturated carbocycles. The molecule has 0 aliphatic rings. The van der Waals surface area contributed by atoms with Gasteiger partial charge < -0.3 is 19.7 Å². The standard InChI is InChI=1S/C13H15FN2O3/c1-17-8-11-5-10(16-19-11)7-18-13-3-2-9(6-15)4-12(13)14/h2-5H,6-8,15H2,1H3. The molecule has 1 aromatic heterocycles. The second kappa shape index (κ2) is 6.31. The van der Waals surface area contributed by atoms with Gasteiger partial charge in [0.05, 0.1) is 0 Å². The maximum atomic E-state index is 13.6. The monoisotopic (exact) mass is 266 g/mol. The van der Waals surface area contributed by atoms with Crippen molar-refractivity contribution >= 4 is 0 Å². The van der Waals surface area contributed by atoms with Crippen LogP contribution in [0.25, 0.3) is 0 Å². The third-order valence-electron chi connectivity index (χ3n) is 2.50. The third kappa shape index (κ3) is 3.52. The van der Waals surface area contributed by atoms with E-state index < -0.39 is 5.82 Å². The van der Waals surface area contributed by atoms with Crippen molar-refractivity contribution in [2.75, 3.05) is 7.11 Å². The van der Waals surface area contributed by atoms with Crippen molar-refractivity contribution in [1.82, 2.24) is 5.16 Å². The zero-order valence-corrected chi connectivity index (χ0v) is 10.6. The second-order valence-electron chi connectivity index (χ2n) is 3.98. The highest BCUT2D eigenvalue weighted by atomic mass is 19.1. The number of hydrogen-bond acceptors (Lipinski definition) is 5. The Balaban J connectivity index is 1.97. The number of aromatic nitrogens is 1. The summed E-state index contributed by atoms with van der Waals surface area (Å²) >= 11 is 0. The lowest BCUT2D eigenvalue weighted by Gasteiger charge is -2.06. The van der Waals surface area contributed by atoms with E-state index in [1.165, 1.54) is 6.07 Å². The van der Waals surface area contributed by atoms with E-state index in [0.717, 1.165) is 0 Å². The summed E-state index contributed by atoms with van der Waals surface area (Å²) in [5.74, 6) is 0.317. The van der Waals surface area contributed by atoms with Gasteiger partial charge in [-0.2, -0.15) is 0 Å². The number of ether oxygens (including phenoxy) is 2. The Kier molecular flexibility index (Phi) is 4.48. The summed E-state index contributed by atoms with van der Waals surface area (Å²) in [7, 11) is 1.56. The first kappa shape index (κ1) is 13.5. The number of nitrogens with zero attached hydrogens (tertiary/aromatic N) is 1. The summed E-state index contributed by atoms with van der Waals surface area (Å²) in [6.07, 6.45) is 0. The van der Waals surface area contributed by atoms with Crippen molar-refractivity contribution in [3.8, 4) is 5.75 Å². The minimum atomic E-state index is -0.441. The molecule has 0 atom stereocenters. The van der Waals surface area contributed by atoms with Crippen LogP contribution in [0.1, 0.15) is 17.0 Å². The van der Waals surface area contributed by atoms with Gasteiger partial charge >= 0.3 is 0 Å². The molecule has 102 valence electrons. The Labute approximate surface area is 110 Å². The van der Waals surface area contributed by atoms with Crippen LogP contribution in [0.2, 0.25) is 0 Å². The van der Waals surface area contributed by atoms with E-state index in [-0.39, 0.29) is 12.4 Å². The molecule has 0 unspecified atom stereocenters. The molecule has 0 saturated heterocycles. The molecule has 0 bridgehead atoms. The number of nitrogens with two attached hydrogens (primary N) is 1. The minimum Gasteiger partial charge on any atom is -0.484 e. The third-order valence-corrected chi connectivity index (χ3v) is 2.50. The van der Waals surface area contributed by atoms with Crippen LogP contribution in [0.15, 0.2) is 28.8 Å². The van der Waals surface area contributed by atoms with Crippen molar-refractivity contribution in [3.63, 3.8) is 0 Å². The summed E-state index contributed by atoms with van der Waals surface area (Å²) in [6, 6.07) is 6.33. The quantitative estimate of drug-likeness (QED) is 0.865. The van der Waals surface area contributed by atoms with E-state index >= 15 is 0 Å². The van der Waals surface area contributed by atoms with Gasteiger partial charge in [0, 0.05) is 19.7 Å². The van der Waals surface area contributed by atoms with E-state index in [9.17, 15) is 4.39 Å². The number of rotatable bonds is 6. The van der Waals surface area contributed by atoms with E-state index in [1.807, 2.05) is 0 Å². The van der Waals surface area contributed by atoms with Crippen LogP contribution in [0.3, 0.4) is 0 Å². The maximum Gasteiger partial charge on any atom is 0.165 e. The average Bonchev–Trinajstić information content (AvgIpc) is 2.85. The van der Waals surface area contributed by atoms with Gasteiger partial charge in [0.25, 0.3) is 0 Å². The van der Waals surface area contributed by atoms with Crippen LogP contribution in [0.4, 0.5) is 4.39 Å². The summed E-state index contributed by atoms with van der Waals surface area (Å²) < 4.78 is 28.9. The molecule has 0 radical (unpaired) electrons. The SMILES string of the molecule is COCc1cc(COc2ccc(CN)cc2F)no1. The Morgan fingerprint density at radius 2 is 2.16 bits per heavy atom. The lowest BCUT2D eigenvalue weighted by atomic mass is 10.2. The highest BCUT2D eigenvalue weighted by molar-refractivity contribution is 5.29. The van der Waals surface area contributed by atoms with Gasteiger partial charge in [0.2, 0.25) is 0 Å². The van der Waals surface area contributed by atoms with Crippen molar-refractivity contribution in [3.05, 3.63) is 47.1 Å². The largest absolute Gasteiger partial charge is 0.484 e. The van der Waals surface area contributed by atoms with Gasteiger partial charge in [0.1, 0.15) is 18.9 Å². The van der Waals surface area contributed by atoms with E-state index in [2.05, 4.69) is 5.16 Å². The molecule has 2 rings (SSSR count). The first-order valence-corrected chi connectivity index (χ1v) is 5.77. The molecule has 2 N–H and O–H groups in total. The van der Waals surface area contributed by atoms with Crippen molar-refractivity contribution < 1.29 is 18.4 Å². The molecule has 19 heavy (non-hydrogen) atoms. The summed E-state index contributed by atoms with van der Waals surface area (Å²) in [4.78, 5) is 0. The zero-order chi connectivity index (χ0) is 13.7. The van der Waals surface area contributed by atoms with Gasteiger partial charge in [-0.25, -0.2) is 4.39 Å². The predicted octanol–water partition coefficient (Wildman–Crippen LogP) is 2.00. The van der Waals surface area contributed by atoms with Crippen LogP contribution >= 0.6 is 0 Å². The second-order valence-corrected chi connectivity index (χ2v) is 3.98. The van der Waals surface area contributed by atoms with Gasteiger partial charge in [-0.15, -0.1) is 0 Å². The molecular weight excluding hydrogens is 251 g/mol. The molecule has 0 fully saturated rings. The van der Waals surface area contributed by atoms with Gasteiger partial charge in [-0.3, -0.25) is 0 Å². The molecule has 6 heteroatoms. The Hall–Kier alpha value is -1.92. The lowest BCUT2D eigenvalue weighted by molar-refractivity contribution is 0.155. The molecule has 5 nitrogen and oxygen atoms in total. The lowest BCUT2D eigenvalue weighted by Crippen LogP contribution is -2.00. The fourth-order valence-corrected chi connectivity index (χ4v) is 1.57. The fraction of sp³-hybridized carbons (Fsp3) is 0.308. The van der Waals surface area contributed by atoms with Gasteiger partial charge in [0.15, 0.2) is 17.3 Å². The average molecular weight is 266 g/mol. The van der Waals surface area contributed by atoms with Crippen LogP contribution in [0, 0.1) is 5.82 Å². The predicted molar refractivity (Wildman–Crippen MR) is 65.8 cm³/mol. The Morgan fingerprint density at radius 3 is 2.84 bits per heavy atom. The van der Waals surface area contributed by atoms with Crippen LogP contribution in [-0.2, 0) is 24.5 Å². The summed E-state index contributed by atoms with van der Waals surface area (Å²) in [5, 5.41) is 3.79. The van der Waals surface area contributed by atoms with Crippen molar-refractivity contribution in [2.45, 2.75) is 19.8 Å². The van der Waals surface area contributed by atoms with Gasteiger partial charge in [-0.1, -0.05) is 11.2 Å². The molecule has 1 aromatic carbocycles. The van der Waals surface area contributed by atoms with Crippen LogP contribution in [-0.4, -0.2) is 12.3 Å². The first-order valence-electron chi connectivity index (χ1n) is 5.77. The van der Waals surface area contributed by atoms with Crippen LogP contribution in [0.5, 0.6) is 5.75 Å². The topological polar surface area (TPSA) is 70.5 Å². The first-order chi connectivity index (χ1) is 9.22. The molecule has 0 aliphatic carbocycles. The fourth-order valence-electron chi connectivity index (χ4n) is 1.57. The normalized spacial score (nSPS) is 10.7. The summed E-state index contributed by atoms with van der Waals surface area (Å²) in [5.41, 5.74) is 6.72.